The third-order valence-corrected chi connectivity index (χ3v) is 4.25. The molecule has 4 N–H and O–H groups in total. The average molecular weight is 334 g/mol. The molecular weight excluding hydrogens is 312 g/mol. The maximum absolute atomic E-state index is 12.2. The van der Waals surface area contributed by atoms with E-state index >= 15 is 0 Å². The highest BCUT2D eigenvalue weighted by atomic mass is 16.4. The van der Waals surface area contributed by atoms with E-state index < -0.39 is 18.0 Å². The first-order valence-electron chi connectivity index (χ1n) is 7.76. The zero-order chi connectivity index (χ0) is 18.2. The van der Waals surface area contributed by atoms with Gasteiger partial charge in [0.15, 0.2) is 0 Å². The lowest BCUT2D eigenvalue weighted by Crippen LogP contribution is -2.47. The second kappa shape index (κ2) is 6.43. The van der Waals surface area contributed by atoms with Crippen LogP contribution >= 0.6 is 0 Å². The predicted molar refractivity (Wildman–Crippen MR) is 87.8 cm³/mol. The Hall–Kier alpha value is -2.70. The summed E-state index contributed by atoms with van der Waals surface area (Å²) in [6, 6.07) is 1.30. The fourth-order valence-electron chi connectivity index (χ4n) is 2.98. The third kappa shape index (κ3) is 2.89. The quantitative estimate of drug-likeness (QED) is 0.676. The Kier molecular flexibility index (Phi) is 4.73. The number of allylic oxidation sites excluding steroid dienone is 1. The van der Waals surface area contributed by atoms with Crippen LogP contribution in [0.2, 0.25) is 0 Å². The zero-order valence-corrected chi connectivity index (χ0v) is 14.1. The molecule has 2 rings (SSSR count). The summed E-state index contributed by atoms with van der Waals surface area (Å²) in [6.45, 7) is 7.39. The molecule has 1 aromatic carbocycles. The molecule has 0 saturated heterocycles. The van der Waals surface area contributed by atoms with E-state index in [1.807, 2.05) is 13.8 Å². The van der Waals surface area contributed by atoms with Crippen molar-refractivity contribution < 1.29 is 24.9 Å². The van der Waals surface area contributed by atoms with Crippen LogP contribution in [-0.4, -0.2) is 38.8 Å². The highest BCUT2D eigenvalue weighted by Gasteiger charge is 2.36. The Labute approximate surface area is 140 Å². The Balaban J connectivity index is 2.66. The smallest absolute Gasteiger partial charge is 0.335 e. The van der Waals surface area contributed by atoms with Gasteiger partial charge < -0.3 is 20.6 Å². The molecule has 0 aliphatic carbocycles. The minimum atomic E-state index is -1.17. The number of rotatable bonds is 4. The van der Waals surface area contributed by atoms with Gasteiger partial charge in [-0.25, -0.2) is 9.59 Å². The van der Waals surface area contributed by atoms with Crippen molar-refractivity contribution in [2.24, 2.45) is 0 Å². The Morgan fingerprint density at radius 3 is 2.42 bits per heavy atom. The van der Waals surface area contributed by atoms with Crippen molar-refractivity contribution >= 4 is 12.0 Å². The van der Waals surface area contributed by atoms with Crippen molar-refractivity contribution in [3.63, 3.8) is 0 Å². The van der Waals surface area contributed by atoms with Gasteiger partial charge in [-0.15, -0.1) is 0 Å². The number of urea groups is 1. The molecule has 1 heterocycles. The summed E-state index contributed by atoms with van der Waals surface area (Å²) >= 11 is 0. The first-order valence-corrected chi connectivity index (χ1v) is 7.76. The number of amides is 2. The number of carbonyl (C=O) groups excluding carboxylic acids is 1. The molecular formula is C17H22N2O5. The molecule has 1 atom stereocenters. The van der Waals surface area contributed by atoms with Gasteiger partial charge in [-0.2, -0.15) is 0 Å². The number of carboxylic acids is 1. The number of benzene rings is 1. The van der Waals surface area contributed by atoms with Gasteiger partial charge in [0, 0.05) is 23.9 Å². The van der Waals surface area contributed by atoms with Gasteiger partial charge in [-0.05, 0) is 31.4 Å². The number of hydrogen-bond donors (Lipinski definition) is 4. The summed E-state index contributed by atoms with van der Waals surface area (Å²) in [5, 5.41) is 32.4. The molecule has 0 saturated carbocycles. The van der Waals surface area contributed by atoms with Gasteiger partial charge in [0.05, 0.1) is 11.6 Å². The molecule has 0 fully saturated rings. The monoisotopic (exact) mass is 334 g/mol. The molecule has 0 bridgehead atoms. The minimum absolute atomic E-state index is 0.00727. The molecule has 0 aromatic heterocycles. The number of hydrogen-bond acceptors (Lipinski definition) is 4. The van der Waals surface area contributed by atoms with Crippen molar-refractivity contribution in [2.75, 3.05) is 6.54 Å². The van der Waals surface area contributed by atoms with Crippen LogP contribution in [0.3, 0.4) is 0 Å². The highest BCUT2D eigenvalue weighted by molar-refractivity contribution is 5.94. The van der Waals surface area contributed by atoms with Crippen LogP contribution in [0.25, 0.3) is 0 Å². The lowest BCUT2D eigenvalue weighted by Gasteiger charge is -2.34. The largest absolute Gasteiger partial charge is 0.508 e. The topological polar surface area (TPSA) is 110 Å². The lowest BCUT2D eigenvalue weighted by molar-refractivity contribution is -0.133. The van der Waals surface area contributed by atoms with Gasteiger partial charge in [-0.1, -0.05) is 13.8 Å². The molecule has 130 valence electrons. The highest BCUT2D eigenvalue weighted by Crippen LogP contribution is 2.39. The first kappa shape index (κ1) is 17.7. The van der Waals surface area contributed by atoms with E-state index in [1.165, 1.54) is 17.0 Å². The first-order chi connectivity index (χ1) is 11.2. The van der Waals surface area contributed by atoms with Crippen molar-refractivity contribution in [3.05, 3.63) is 34.5 Å². The van der Waals surface area contributed by atoms with Crippen molar-refractivity contribution in [3.8, 4) is 11.5 Å². The number of nitrogens with one attached hydrogen (secondary N) is 1. The Morgan fingerprint density at radius 1 is 1.29 bits per heavy atom. The number of aliphatic carboxylic acids is 1. The summed E-state index contributed by atoms with van der Waals surface area (Å²) in [4.78, 5) is 25.3. The van der Waals surface area contributed by atoms with E-state index in [0.29, 0.717) is 17.8 Å². The van der Waals surface area contributed by atoms with E-state index in [2.05, 4.69) is 5.32 Å². The number of carbonyl (C=O) groups is 2. The zero-order valence-electron chi connectivity index (χ0n) is 14.1. The molecule has 1 aliphatic heterocycles. The molecule has 7 nitrogen and oxygen atoms in total. The van der Waals surface area contributed by atoms with Crippen LogP contribution in [0.5, 0.6) is 11.5 Å². The van der Waals surface area contributed by atoms with Gasteiger partial charge in [-0.3, -0.25) is 4.90 Å². The summed E-state index contributed by atoms with van der Waals surface area (Å²) in [5.74, 6) is -1.54. The maximum atomic E-state index is 12.2. The fraction of sp³-hybridized carbons (Fsp3) is 0.412. The third-order valence-electron chi connectivity index (χ3n) is 4.25. The second-order valence-electron chi connectivity index (χ2n) is 6.06. The fourth-order valence-corrected chi connectivity index (χ4v) is 2.98. The van der Waals surface area contributed by atoms with Crippen molar-refractivity contribution in [1.82, 2.24) is 10.2 Å². The molecule has 2 amide bonds. The summed E-state index contributed by atoms with van der Waals surface area (Å²) in [7, 11) is 0. The Morgan fingerprint density at radius 2 is 1.92 bits per heavy atom. The molecule has 1 unspecified atom stereocenters. The van der Waals surface area contributed by atoms with Crippen LogP contribution in [0.1, 0.15) is 50.8 Å². The lowest BCUT2D eigenvalue weighted by atomic mass is 9.90. The second-order valence-corrected chi connectivity index (χ2v) is 6.06. The molecule has 0 radical (unpaired) electrons. The van der Waals surface area contributed by atoms with Crippen LogP contribution in [0.15, 0.2) is 23.4 Å². The van der Waals surface area contributed by atoms with Crippen LogP contribution in [-0.2, 0) is 4.79 Å². The average Bonchev–Trinajstić information content (AvgIpc) is 2.46. The molecule has 7 heteroatoms. The van der Waals surface area contributed by atoms with Gasteiger partial charge in [0.25, 0.3) is 0 Å². The van der Waals surface area contributed by atoms with E-state index in [1.54, 1.807) is 13.8 Å². The Bertz CT molecular complexity index is 724. The van der Waals surface area contributed by atoms with E-state index in [-0.39, 0.29) is 28.6 Å². The van der Waals surface area contributed by atoms with Crippen molar-refractivity contribution in [2.45, 2.75) is 39.7 Å². The van der Waals surface area contributed by atoms with E-state index in [4.69, 9.17) is 0 Å². The van der Waals surface area contributed by atoms with Gasteiger partial charge >= 0.3 is 12.0 Å². The summed E-state index contributed by atoms with van der Waals surface area (Å²) in [5.41, 5.74) is 1.14. The molecule has 0 spiro atoms. The van der Waals surface area contributed by atoms with Crippen molar-refractivity contribution in [1.29, 1.82) is 0 Å². The number of carboxylic acid groups (broad SMARTS) is 1. The maximum Gasteiger partial charge on any atom is 0.335 e. The normalized spacial score (nSPS) is 18.1. The number of phenolic OH excluding ortho intramolecular Hbond substituents is 2. The minimum Gasteiger partial charge on any atom is -0.508 e. The molecule has 1 aromatic rings. The summed E-state index contributed by atoms with van der Waals surface area (Å²) in [6.07, 6.45) is 0. The van der Waals surface area contributed by atoms with Crippen LogP contribution < -0.4 is 5.32 Å². The number of aromatic hydroxyl groups is 2. The van der Waals surface area contributed by atoms with E-state index in [9.17, 15) is 24.9 Å². The van der Waals surface area contributed by atoms with Gasteiger partial charge in [0.1, 0.15) is 11.5 Å². The van der Waals surface area contributed by atoms with E-state index in [0.717, 1.165) is 0 Å². The van der Waals surface area contributed by atoms with Gasteiger partial charge in [0.2, 0.25) is 0 Å². The number of phenols is 2. The van der Waals surface area contributed by atoms with Crippen LogP contribution in [0, 0.1) is 0 Å². The predicted octanol–water partition coefficient (Wildman–Crippen LogP) is 2.67. The number of nitrogens with zero attached hydrogens (tertiary/aromatic N) is 1. The summed E-state index contributed by atoms with van der Waals surface area (Å²) < 4.78 is 0. The SMILES string of the molecule is CCN1C(=O)NC(c2cc(C(C)C)c(O)cc2O)C(C(=O)O)=C1C. The standard InChI is InChI=1S/C17H22N2O5/c1-5-19-9(4)14(16(22)23)15(18-17(19)24)11-6-10(8(2)3)12(20)7-13(11)21/h6-8,15,20-21H,5H2,1-4H3,(H,18,24)(H,22,23). The molecule has 1 aliphatic rings. The van der Waals surface area contributed by atoms with Crippen LogP contribution in [0.4, 0.5) is 4.79 Å². The molecule has 24 heavy (non-hydrogen) atoms.